The van der Waals surface area contributed by atoms with Crippen LogP contribution in [-0.2, 0) is 14.3 Å². The zero-order valence-corrected chi connectivity index (χ0v) is 11.5. The summed E-state index contributed by atoms with van der Waals surface area (Å²) >= 11 is 0. The van der Waals surface area contributed by atoms with E-state index in [2.05, 4.69) is 0 Å². The van der Waals surface area contributed by atoms with E-state index in [1.165, 1.54) is 26.4 Å². The molecule has 0 heterocycles. The smallest absolute Gasteiger partial charge is 0.311 e. The van der Waals surface area contributed by atoms with Gasteiger partial charge in [0.1, 0.15) is 0 Å². The minimum atomic E-state index is -0.208. The maximum atomic E-state index is 12.2. The topological polar surface area (TPSA) is 35.5 Å². The monoisotopic (exact) mass is 252 g/mol. The van der Waals surface area contributed by atoms with Crippen LogP contribution in [-0.4, -0.2) is 25.3 Å². The van der Waals surface area contributed by atoms with Crippen molar-refractivity contribution in [3.05, 3.63) is 0 Å². The van der Waals surface area contributed by atoms with E-state index in [0.29, 0.717) is 6.61 Å². The van der Waals surface area contributed by atoms with Crippen molar-refractivity contribution in [2.45, 2.75) is 51.0 Å². The summed E-state index contributed by atoms with van der Waals surface area (Å²) < 4.78 is 11.2. The summed E-state index contributed by atoms with van der Waals surface area (Å²) in [6.07, 6.45) is 7.11. The Labute approximate surface area is 109 Å². The summed E-state index contributed by atoms with van der Waals surface area (Å²) in [5.74, 6) is 2.22. The van der Waals surface area contributed by atoms with Gasteiger partial charge < -0.3 is 9.47 Å². The van der Waals surface area contributed by atoms with Crippen LogP contribution in [0.5, 0.6) is 0 Å². The van der Waals surface area contributed by atoms with Crippen LogP contribution in [0.2, 0.25) is 0 Å². The Morgan fingerprint density at radius 2 is 1.72 bits per heavy atom. The minimum absolute atomic E-state index is 0.0252. The summed E-state index contributed by atoms with van der Waals surface area (Å²) in [7, 11) is 1.51. The van der Waals surface area contributed by atoms with E-state index in [-0.39, 0.29) is 17.5 Å². The van der Waals surface area contributed by atoms with Crippen LogP contribution in [0.4, 0.5) is 0 Å². The highest BCUT2D eigenvalue weighted by atomic mass is 16.5. The zero-order chi connectivity index (χ0) is 12.8. The molecule has 3 nitrogen and oxygen atoms in total. The highest BCUT2D eigenvalue weighted by molar-refractivity contribution is 5.74. The first-order valence-electron chi connectivity index (χ1n) is 7.38. The molecule has 4 rings (SSSR count). The first-order valence-corrected chi connectivity index (χ1v) is 7.38. The van der Waals surface area contributed by atoms with Gasteiger partial charge in [-0.25, -0.2) is 0 Å². The lowest BCUT2D eigenvalue weighted by Gasteiger charge is -2.46. The van der Waals surface area contributed by atoms with Gasteiger partial charge >= 0.3 is 5.97 Å². The third-order valence-corrected chi connectivity index (χ3v) is 5.39. The average molecular weight is 252 g/mol. The van der Waals surface area contributed by atoms with Crippen LogP contribution in [0.15, 0.2) is 0 Å². The molecule has 0 N–H and O–H groups in total. The van der Waals surface area contributed by atoms with E-state index in [4.69, 9.17) is 9.47 Å². The highest BCUT2D eigenvalue weighted by Crippen LogP contribution is 2.56. The molecule has 0 amide bonds. The van der Waals surface area contributed by atoms with Crippen LogP contribution < -0.4 is 0 Å². The van der Waals surface area contributed by atoms with E-state index in [1.54, 1.807) is 0 Å². The number of methoxy groups -OCH3 is 1. The summed E-state index contributed by atoms with van der Waals surface area (Å²) in [5, 5.41) is 0. The third-order valence-electron chi connectivity index (χ3n) is 5.39. The maximum Gasteiger partial charge on any atom is 0.311 e. The number of hydrogen-bond acceptors (Lipinski definition) is 3. The lowest BCUT2D eigenvalue weighted by Crippen LogP contribution is -2.49. The van der Waals surface area contributed by atoms with E-state index >= 15 is 0 Å². The molecule has 4 aliphatic carbocycles. The van der Waals surface area contributed by atoms with Crippen molar-refractivity contribution in [3.63, 3.8) is 0 Å². The van der Waals surface area contributed by atoms with Gasteiger partial charge in [-0.2, -0.15) is 0 Å². The molecule has 3 unspecified atom stereocenters. The van der Waals surface area contributed by atoms with Gasteiger partial charge in [-0.3, -0.25) is 4.79 Å². The van der Waals surface area contributed by atoms with Gasteiger partial charge in [-0.15, -0.1) is 0 Å². The van der Waals surface area contributed by atoms with E-state index < -0.39 is 0 Å². The number of carbonyl (C=O) groups is 1. The van der Waals surface area contributed by atoms with Crippen LogP contribution >= 0.6 is 0 Å². The summed E-state index contributed by atoms with van der Waals surface area (Å²) in [6.45, 7) is 2.75. The summed E-state index contributed by atoms with van der Waals surface area (Å²) in [6, 6.07) is 0. The lowest BCUT2D eigenvalue weighted by atomic mass is 9.65. The van der Waals surface area contributed by atoms with Gasteiger partial charge in [0.05, 0.1) is 18.6 Å². The first-order chi connectivity index (χ1) is 8.66. The molecule has 0 aromatic rings. The zero-order valence-electron chi connectivity index (χ0n) is 11.5. The second-order valence-electron chi connectivity index (χ2n) is 6.52. The molecule has 0 saturated heterocycles. The Hall–Kier alpha value is -0.570. The molecule has 4 bridgehead atoms. The number of rotatable bonds is 3. The minimum Gasteiger partial charge on any atom is -0.469 e. The molecule has 18 heavy (non-hydrogen) atoms. The molecule has 5 atom stereocenters. The van der Waals surface area contributed by atoms with Crippen LogP contribution in [0.1, 0.15) is 45.4 Å². The van der Waals surface area contributed by atoms with Crippen molar-refractivity contribution in [3.8, 4) is 0 Å². The molecule has 4 saturated carbocycles. The van der Waals surface area contributed by atoms with Crippen LogP contribution in [0.25, 0.3) is 0 Å². The van der Waals surface area contributed by atoms with Crippen molar-refractivity contribution >= 4 is 5.97 Å². The van der Waals surface area contributed by atoms with E-state index in [1.807, 2.05) is 6.92 Å². The van der Waals surface area contributed by atoms with Gasteiger partial charge in [0, 0.05) is 6.61 Å². The van der Waals surface area contributed by atoms with Gasteiger partial charge in [0.15, 0.2) is 0 Å². The molecule has 4 fully saturated rings. The Bertz CT molecular complexity index is 325. The fourth-order valence-electron chi connectivity index (χ4n) is 5.08. The average Bonchev–Trinajstić information content (AvgIpc) is 2.50. The predicted molar refractivity (Wildman–Crippen MR) is 68.0 cm³/mol. The number of hydrogen-bond donors (Lipinski definition) is 0. The fraction of sp³-hybridized carbons (Fsp3) is 0.933. The number of esters is 1. The quantitative estimate of drug-likeness (QED) is 0.725. The lowest BCUT2D eigenvalue weighted by molar-refractivity contribution is -0.169. The largest absolute Gasteiger partial charge is 0.469 e. The Morgan fingerprint density at radius 1 is 1.11 bits per heavy atom. The van der Waals surface area contributed by atoms with Crippen molar-refractivity contribution in [1.29, 1.82) is 0 Å². The Morgan fingerprint density at radius 3 is 2.28 bits per heavy atom. The van der Waals surface area contributed by atoms with Gasteiger partial charge in [-0.1, -0.05) is 0 Å². The maximum absolute atomic E-state index is 12.2. The molecule has 3 heteroatoms. The Kier molecular flexibility index (Phi) is 3.13. The normalized spacial score (nSPS) is 45.9. The number of ether oxygens (including phenoxy) is 2. The van der Waals surface area contributed by atoms with Gasteiger partial charge in [-0.05, 0) is 63.2 Å². The second kappa shape index (κ2) is 4.52. The molecule has 0 radical (unpaired) electrons. The SMILES string of the molecule is CCOC12C[C@@H]3CC(CC1C(=O)OC)C[C@@H](C3)C2. The predicted octanol–water partition coefficient (Wildman–Crippen LogP) is 2.78. The second-order valence-corrected chi connectivity index (χ2v) is 6.52. The fourth-order valence-corrected chi connectivity index (χ4v) is 5.08. The number of fused-ring (bicyclic) bond motifs is 1. The molecule has 0 aromatic heterocycles. The summed E-state index contributed by atoms with van der Waals surface area (Å²) in [5.41, 5.74) is -0.208. The Balaban J connectivity index is 1.95. The molecule has 102 valence electrons. The van der Waals surface area contributed by atoms with E-state index in [0.717, 1.165) is 37.0 Å². The van der Waals surface area contributed by atoms with Crippen LogP contribution in [0.3, 0.4) is 0 Å². The summed E-state index contributed by atoms with van der Waals surface area (Å²) in [4.78, 5) is 12.2. The molecular formula is C15H24O3. The van der Waals surface area contributed by atoms with Crippen molar-refractivity contribution in [2.24, 2.45) is 23.7 Å². The highest BCUT2D eigenvalue weighted by Gasteiger charge is 2.55. The van der Waals surface area contributed by atoms with Crippen molar-refractivity contribution < 1.29 is 14.3 Å². The molecule has 4 aliphatic rings. The molecular weight excluding hydrogens is 228 g/mol. The number of carbonyl (C=O) groups excluding carboxylic acids is 1. The molecule has 0 spiro atoms. The van der Waals surface area contributed by atoms with Crippen molar-refractivity contribution in [2.75, 3.05) is 13.7 Å². The van der Waals surface area contributed by atoms with Crippen molar-refractivity contribution in [1.82, 2.24) is 0 Å². The van der Waals surface area contributed by atoms with Crippen LogP contribution in [0, 0.1) is 23.7 Å². The van der Waals surface area contributed by atoms with E-state index in [9.17, 15) is 4.79 Å². The third kappa shape index (κ3) is 1.87. The standard InChI is InChI=1S/C15H24O3/c1-3-18-15-8-11-4-10(5-12(6-11)9-15)7-13(15)14(16)17-2/h10-13H,3-9H2,1-2H3/t10?,11-,12+,13?,15?. The van der Waals surface area contributed by atoms with Gasteiger partial charge in [0.2, 0.25) is 0 Å². The van der Waals surface area contributed by atoms with Gasteiger partial charge in [0.25, 0.3) is 0 Å². The molecule has 0 aliphatic heterocycles. The molecule has 0 aromatic carbocycles. The first kappa shape index (κ1) is 12.5.